The molecule has 1 atom stereocenters. The minimum absolute atomic E-state index is 0.0474. The van der Waals surface area contributed by atoms with Gasteiger partial charge in [0.05, 0.1) is 17.0 Å². The van der Waals surface area contributed by atoms with Crippen LogP contribution in [0.4, 0.5) is 11.5 Å². The van der Waals surface area contributed by atoms with Crippen LogP contribution in [0.2, 0.25) is 0 Å². The van der Waals surface area contributed by atoms with E-state index in [-0.39, 0.29) is 11.7 Å². The van der Waals surface area contributed by atoms with E-state index in [9.17, 15) is 10.1 Å². The van der Waals surface area contributed by atoms with Crippen molar-refractivity contribution in [1.82, 2.24) is 4.98 Å². The van der Waals surface area contributed by atoms with E-state index < -0.39 is 4.92 Å². The zero-order valence-corrected chi connectivity index (χ0v) is 11.6. The van der Waals surface area contributed by atoms with Gasteiger partial charge in [-0.2, -0.15) is 0 Å². The average Bonchev–Trinajstić information content (AvgIpc) is 2.89. The third-order valence-electron chi connectivity index (χ3n) is 2.77. The zero-order valence-electron chi connectivity index (χ0n) is 10.7. The van der Waals surface area contributed by atoms with E-state index in [1.807, 2.05) is 11.4 Å². The minimum atomic E-state index is -0.414. The first-order valence-corrected chi connectivity index (χ1v) is 6.86. The second kappa shape index (κ2) is 5.79. The van der Waals surface area contributed by atoms with Gasteiger partial charge in [-0.3, -0.25) is 10.1 Å². The van der Waals surface area contributed by atoms with Crippen LogP contribution >= 0.6 is 11.3 Å². The van der Waals surface area contributed by atoms with Gasteiger partial charge in [-0.05, 0) is 17.4 Å². The van der Waals surface area contributed by atoms with Crippen LogP contribution in [0, 0.1) is 16.0 Å². The second-order valence-electron chi connectivity index (χ2n) is 4.54. The van der Waals surface area contributed by atoms with Gasteiger partial charge in [0.1, 0.15) is 5.82 Å². The predicted octanol–water partition coefficient (Wildman–Crippen LogP) is 3.86. The summed E-state index contributed by atoms with van der Waals surface area (Å²) in [6.45, 7) is 4.21. The molecule has 0 spiro atoms. The van der Waals surface area contributed by atoms with Gasteiger partial charge in [-0.25, -0.2) is 4.98 Å². The summed E-state index contributed by atoms with van der Waals surface area (Å²) in [5.41, 5.74) is 0.0474. The van der Waals surface area contributed by atoms with Gasteiger partial charge >= 0.3 is 0 Å². The molecule has 0 amide bonds. The molecule has 2 heterocycles. The van der Waals surface area contributed by atoms with Crippen molar-refractivity contribution in [2.75, 3.05) is 5.32 Å². The molecule has 0 bridgehead atoms. The van der Waals surface area contributed by atoms with E-state index in [4.69, 9.17) is 0 Å². The van der Waals surface area contributed by atoms with Crippen LogP contribution in [-0.4, -0.2) is 9.91 Å². The summed E-state index contributed by atoms with van der Waals surface area (Å²) in [5, 5.41) is 16.0. The topological polar surface area (TPSA) is 68.1 Å². The fourth-order valence-electron chi connectivity index (χ4n) is 1.81. The highest BCUT2D eigenvalue weighted by molar-refractivity contribution is 7.10. The fraction of sp³-hybridized carbons (Fsp3) is 0.308. The van der Waals surface area contributed by atoms with E-state index in [0.717, 1.165) is 0 Å². The highest BCUT2D eigenvalue weighted by Gasteiger charge is 2.18. The number of nitro groups is 1. The maximum Gasteiger partial charge on any atom is 0.274 e. The van der Waals surface area contributed by atoms with E-state index in [0.29, 0.717) is 11.7 Å². The van der Waals surface area contributed by atoms with Gasteiger partial charge in [-0.1, -0.05) is 19.9 Å². The number of nitrogens with zero attached hydrogens (tertiary/aromatic N) is 2. The van der Waals surface area contributed by atoms with Crippen molar-refractivity contribution in [1.29, 1.82) is 0 Å². The molecule has 1 N–H and O–H groups in total. The van der Waals surface area contributed by atoms with Crippen molar-refractivity contribution in [2.24, 2.45) is 5.92 Å². The SMILES string of the molecule is CC(C)C(Nc1cc([N+](=O)[O-])ccn1)c1cccs1. The molecule has 100 valence electrons. The van der Waals surface area contributed by atoms with E-state index in [2.05, 4.69) is 30.2 Å². The van der Waals surface area contributed by atoms with Crippen LogP contribution in [-0.2, 0) is 0 Å². The highest BCUT2D eigenvalue weighted by Crippen LogP contribution is 2.29. The van der Waals surface area contributed by atoms with Crippen LogP contribution in [0.3, 0.4) is 0 Å². The van der Waals surface area contributed by atoms with Gasteiger partial charge in [-0.15, -0.1) is 11.3 Å². The Kier molecular flexibility index (Phi) is 4.11. The molecule has 0 aliphatic carbocycles. The molecule has 0 aliphatic heterocycles. The monoisotopic (exact) mass is 277 g/mol. The maximum absolute atomic E-state index is 10.8. The Morgan fingerprint density at radius 1 is 1.42 bits per heavy atom. The molecule has 6 heteroatoms. The number of hydrogen-bond acceptors (Lipinski definition) is 5. The van der Waals surface area contributed by atoms with Crippen molar-refractivity contribution in [2.45, 2.75) is 19.9 Å². The Balaban J connectivity index is 2.22. The molecule has 0 saturated carbocycles. The number of pyridine rings is 1. The summed E-state index contributed by atoms with van der Waals surface area (Å²) >= 11 is 1.66. The van der Waals surface area contributed by atoms with Gasteiger partial charge in [0.15, 0.2) is 0 Å². The van der Waals surface area contributed by atoms with Crippen molar-refractivity contribution in [3.05, 3.63) is 50.8 Å². The van der Waals surface area contributed by atoms with Crippen LogP contribution in [0.25, 0.3) is 0 Å². The predicted molar refractivity (Wildman–Crippen MR) is 76.4 cm³/mol. The average molecular weight is 277 g/mol. The quantitative estimate of drug-likeness (QED) is 0.665. The van der Waals surface area contributed by atoms with Gasteiger partial charge < -0.3 is 5.32 Å². The highest BCUT2D eigenvalue weighted by atomic mass is 32.1. The standard InChI is InChI=1S/C13H15N3O2S/c1-9(2)13(11-4-3-7-19-11)15-12-8-10(16(17)18)5-6-14-12/h3-9,13H,1-2H3,(H,14,15). The summed E-state index contributed by atoms with van der Waals surface area (Å²) in [6, 6.07) is 7.01. The summed E-state index contributed by atoms with van der Waals surface area (Å²) < 4.78 is 0. The Bertz CT molecular complexity index is 555. The molecule has 1 unspecified atom stereocenters. The fourth-order valence-corrected chi connectivity index (χ4v) is 2.75. The van der Waals surface area contributed by atoms with Crippen LogP contribution in [0.15, 0.2) is 35.8 Å². The number of thiophene rings is 1. The zero-order chi connectivity index (χ0) is 13.8. The first kappa shape index (κ1) is 13.5. The van der Waals surface area contributed by atoms with Crippen LogP contribution in [0.1, 0.15) is 24.8 Å². The Morgan fingerprint density at radius 2 is 2.21 bits per heavy atom. The van der Waals surface area contributed by atoms with Crippen molar-refractivity contribution in [3.8, 4) is 0 Å². The molecule has 0 radical (unpaired) electrons. The molecular formula is C13H15N3O2S. The molecule has 0 aliphatic rings. The van der Waals surface area contributed by atoms with E-state index >= 15 is 0 Å². The van der Waals surface area contributed by atoms with E-state index in [1.54, 1.807) is 11.3 Å². The van der Waals surface area contributed by atoms with Gasteiger partial charge in [0, 0.05) is 17.1 Å². The molecule has 2 rings (SSSR count). The smallest absolute Gasteiger partial charge is 0.274 e. The van der Waals surface area contributed by atoms with E-state index in [1.165, 1.54) is 23.2 Å². The molecule has 0 saturated heterocycles. The summed E-state index contributed by atoms with van der Waals surface area (Å²) in [7, 11) is 0. The lowest BCUT2D eigenvalue weighted by molar-refractivity contribution is -0.384. The summed E-state index contributed by atoms with van der Waals surface area (Å²) in [5.74, 6) is 0.890. The number of rotatable bonds is 5. The normalized spacial score (nSPS) is 12.4. The first-order chi connectivity index (χ1) is 9.08. The second-order valence-corrected chi connectivity index (χ2v) is 5.52. The Hall–Kier alpha value is -1.95. The lowest BCUT2D eigenvalue weighted by Crippen LogP contribution is -2.16. The molecule has 19 heavy (non-hydrogen) atoms. The number of aromatic nitrogens is 1. The Morgan fingerprint density at radius 3 is 2.79 bits per heavy atom. The molecule has 2 aromatic rings. The van der Waals surface area contributed by atoms with Gasteiger partial charge in [0.25, 0.3) is 5.69 Å². The van der Waals surface area contributed by atoms with Crippen molar-refractivity contribution < 1.29 is 4.92 Å². The molecule has 2 aromatic heterocycles. The maximum atomic E-state index is 10.8. The summed E-state index contributed by atoms with van der Waals surface area (Å²) in [6.07, 6.45) is 1.45. The third-order valence-corrected chi connectivity index (χ3v) is 3.73. The number of nitrogens with one attached hydrogen (secondary N) is 1. The summed E-state index contributed by atoms with van der Waals surface area (Å²) in [4.78, 5) is 15.7. The number of anilines is 1. The van der Waals surface area contributed by atoms with Crippen molar-refractivity contribution >= 4 is 22.8 Å². The first-order valence-electron chi connectivity index (χ1n) is 5.98. The lowest BCUT2D eigenvalue weighted by Gasteiger charge is -2.21. The van der Waals surface area contributed by atoms with Crippen LogP contribution < -0.4 is 5.32 Å². The van der Waals surface area contributed by atoms with Crippen LogP contribution in [0.5, 0.6) is 0 Å². The number of hydrogen-bond donors (Lipinski definition) is 1. The van der Waals surface area contributed by atoms with Gasteiger partial charge in [0.2, 0.25) is 0 Å². The lowest BCUT2D eigenvalue weighted by atomic mass is 10.0. The van der Waals surface area contributed by atoms with Crippen molar-refractivity contribution in [3.63, 3.8) is 0 Å². The minimum Gasteiger partial charge on any atom is -0.362 e. The Labute approximate surface area is 115 Å². The molecule has 5 nitrogen and oxygen atoms in total. The largest absolute Gasteiger partial charge is 0.362 e. The molecular weight excluding hydrogens is 262 g/mol. The molecule has 0 aromatic carbocycles. The molecule has 0 fully saturated rings. The third kappa shape index (κ3) is 3.29.